The number of carbonyl (C=O) groups is 2. The van der Waals surface area contributed by atoms with Crippen molar-refractivity contribution in [2.75, 3.05) is 6.54 Å². The monoisotopic (exact) mass is 216 g/mol. The lowest BCUT2D eigenvalue weighted by Gasteiger charge is -2.00. The Balaban J connectivity index is 2.81. The molecule has 0 radical (unpaired) electrons. The van der Waals surface area contributed by atoms with Gasteiger partial charge in [0.15, 0.2) is 6.29 Å². The van der Waals surface area contributed by atoms with Gasteiger partial charge in [-0.2, -0.15) is 0 Å². The van der Waals surface area contributed by atoms with Gasteiger partial charge in [0.25, 0.3) is 5.91 Å². The number of nitrogens with one attached hydrogen (secondary N) is 1. The molecule has 0 spiro atoms. The molecule has 4 heteroatoms. The molecule has 1 aromatic heterocycles. The van der Waals surface area contributed by atoms with E-state index in [2.05, 4.69) is 16.9 Å². The van der Waals surface area contributed by atoms with Crippen LogP contribution in [0.5, 0.6) is 0 Å². The molecule has 82 valence electrons. The summed E-state index contributed by atoms with van der Waals surface area (Å²) in [4.78, 5) is 26.2. The molecule has 1 rings (SSSR count). The number of aromatic nitrogens is 1. The van der Waals surface area contributed by atoms with Crippen LogP contribution in [0.4, 0.5) is 0 Å². The predicted octanol–water partition coefficient (Wildman–Crippen LogP) is 0.966. The van der Waals surface area contributed by atoms with Crippen molar-refractivity contribution in [2.45, 2.75) is 0 Å². The van der Waals surface area contributed by atoms with E-state index in [1.165, 1.54) is 6.08 Å². The number of carbonyl (C=O) groups excluding carboxylic acids is 2. The third-order valence-corrected chi connectivity index (χ3v) is 1.79. The average molecular weight is 216 g/mol. The summed E-state index contributed by atoms with van der Waals surface area (Å²) in [5, 5.41) is 2.52. The molecule has 0 aliphatic carbocycles. The fraction of sp³-hybridized carbons (Fsp3) is 0.0833. The summed E-state index contributed by atoms with van der Waals surface area (Å²) in [6.45, 7) is 3.79. The molecule has 4 nitrogen and oxygen atoms in total. The Morgan fingerprint density at radius 3 is 2.88 bits per heavy atom. The first-order valence-corrected chi connectivity index (χ1v) is 4.75. The van der Waals surface area contributed by atoms with Crippen LogP contribution in [0.15, 0.2) is 42.6 Å². The largest absolute Gasteiger partial charge is 0.348 e. The molecule has 0 atom stereocenters. The SMILES string of the molecule is C=CCNC(=O)C(C=O)=Cc1ccccn1. The zero-order chi connectivity index (χ0) is 11.8. The van der Waals surface area contributed by atoms with Crippen LogP contribution in [0.3, 0.4) is 0 Å². The molecule has 0 aromatic carbocycles. The van der Waals surface area contributed by atoms with Gasteiger partial charge in [0.05, 0.1) is 11.3 Å². The van der Waals surface area contributed by atoms with Gasteiger partial charge in [-0.15, -0.1) is 6.58 Å². The molecule has 0 aliphatic rings. The fourth-order valence-corrected chi connectivity index (χ4v) is 1.04. The molecule has 1 amide bonds. The van der Waals surface area contributed by atoms with E-state index < -0.39 is 5.91 Å². The first-order chi connectivity index (χ1) is 7.77. The highest BCUT2D eigenvalue weighted by atomic mass is 16.2. The highest BCUT2D eigenvalue weighted by molar-refractivity contribution is 6.14. The maximum Gasteiger partial charge on any atom is 0.254 e. The van der Waals surface area contributed by atoms with Gasteiger partial charge in [-0.3, -0.25) is 14.6 Å². The maximum atomic E-state index is 11.5. The van der Waals surface area contributed by atoms with Crippen molar-refractivity contribution >= 4 is 18.3 Å². The molecule has 0 bridgehead atoms. The van der Waals surface area contributed by atoms with E-state index in [1.807, 2.05) is 0 Å². The van der Waals surface area contributed by atoms with Gasteiger partial charge in [-0.1, -0.05) is 12.1 Å². The van der Waals surface area contributed by atoms with Crippen LogP contribution >= 0.6 is 0 Å². The maximum absolute atomic E-state index is 11.5. The normalized spacial score (nSPS) is 10.6. The van der Waals surface area contributed by atoms with Crippen LogP contribution in [0, 0.1) is 0 Å². The smallest absolute Gasteiger partial charge is 0.254 e. The van der Waals surface area contributed by atoms with Gasteiger partial charge in [0.2, 0.25) is 0 Å². The number of pyridine rings is 1. The second-order valence-electron chi connectivity index (χ2n) is 2.97. The zero-order valence-corrected chi connectivity index (χ0v) is 8.72. The number of aldehydes is 1. The lowest BCUT2D eigenvalue weighted by Crippen LogP contribution is -2.25. The van der Waals surface area contributed by atoms with E-state index >= 15 is 0 Å². The Morgan fingerprint density at radius 2 is 2.31 bits per heavy atom. The average Bonchev–Trinajstić information content (AvgIpc) is 2.34. The van der Waals surface area contributed by atoms with Crippen molar-refractivity contribution in [3.05, 3.63) is 48.3 Å². The van der Waals surface area contributed by atoms with Gasteiger partial charge in [0.1, 0.15) is 0 Å². The van der Waals surface area contributed by atoms with Crippen LogP contribution in [0.1, 0.15) is 5.69 Å². The summed E-state index contributed by atoms with van der Waals surface area (Å²) >= 11 is 0. The van der Waals surface area contributed by atoms with Crippen molar-refractivity contribution in [1.82, 2.24) is 10.3 Å². The standard InChI is InChI=1S/C12H12N2O2/c1-2-6-14-12(16)10(9-15)8-11-5-3-4-7-13-11/h2-5,7-9H,1,6H2,(H,14,16). The summed E-state index contributed by atoms with van der Waals surface area (Å²) in [7, 11) is 0. The number of nitrogens with zero attached hydrogens (tertiary/aromatic N) is 1. The van der Waals surface area contributed by atoms with Crippen LogP contribution < -0.4 is 5.32 Å². The fourth-order valence-electron chi connectivity index (χ4n) is 1.04. The van der Waals surface area contributed by atoms with Gasteiger partial charge >= 0.3 is 0 Å². The second-order valence-corrected chi connectivity index (χ2v) is 2.97. The Kier molecular flexibility index (Phi) is 4.66. The Labute approximate surface area is 93.7 Å². The number of hydrogen-bond donors (Lipinski definition) is 1. The van der Waals surface area contributed by atoms with Crippen LogP contribution in [-0.2, 0) is 9.59 Å². The molecule has 1 aromatic rings. The number of hydrogen-bond acceptors (Lipinski definition) is 3. The van der Waals surface area contributed by atoms with Crippen LogP contribution in [0.2, 0.25) is 0 Å². The molecule has 0 saturated carbocycles. The minimum absolute atomic E-state index is 0.0422. The summed E-state index contributed by atoms with van der Waals surface area (Å²) in [5.41, 5.74) is 0.610. The second kappa shape index (κ2) is 6.29. The first-order valence-electron chi connectivity index (χ1n) is 4.75. The van der Waals surface area contributed by atoms with Crippen molar-refractivity contribution in [3.63, 3.8) is 0 Å². The lowest BCUT2D eigenvalue weighted by molar-refractivity contribution is -0.119. The topological polar surface area (TPSA) is 59.1 Å². The molecule has 1 heterocycles. The summed E-state index contributed by atoms with van der Waals surface area (Å²) in [5.74, 6) is -0.430. The zero-order valence-electron chi connectivity index (χ0n) is 8.72. The number of rotatable bonds is 5. The van der Waals surface area contributed by atoms with Gasteiger partial charge in [-0.05, 0) is 18.2 Å². The number of amides is 1. The van der Waals surface area contributed by atoms with E-state index in [-0.39, 0.29) is 5.57 Å². The highest BCUT2D eigenvalue weighted by Crippen LogP contribution is 2.01. The molecule has 0 unspecified atom stereocenters. The van der Waals surface area contributed by atoms with Crippen molar-refractivity contribution < 1.29 is 9.59 Å². The summed E-state index contributed by atoms with van der Waals surface area (Å²) in [6, 6.07) is 5.25. The predicted molar refractivity (Wildman–Crippen MR) is 61.5 cm³/mol. The molecule has 0 aliphatic heterocycles. The van der Waals surface area contributed by atoms with E-state index in [1.54, 1.807) is 30.5 Å². The highest BCUT2D eigenvalue weighted by Gasteiger charge is 2.06. The molecule has 16 heavy (non-hydrogen) atoms. The molecular formula is C12H12N2O2. The Bertz CT molecular complexity index is 410. The summed E-state index contributed by atoms with van der Waals surface area (Å²) in [6.07, 6.45) is 5.08. The Hall–Kier alpha value is -2.23. The lowest BCUT2D eigenvalue weighted by atomic mass is 10.2. The summed E-state index contributed by atoms with van der Waals surface area (Å²) < 4.78 is 0. The van der Waals surface area contributed by atoms with E-state index in [0.29, 0.717) is 18.5 Å². The van der Waals surface area contributed by atoms with Gasteiger partial charge in [-0.25, -0.2) is 0 Å². The third-order valence-electron chi connectivity index (χ3n) is 1.79. The third kappa shape index (κ3) is 3.49. The van der Waals surface area contributed by atoms with Crippen LogP contribution in [-0.4, -0.2) is 23.7 Å². The molecule has 1 N–H and O–H groups in total. The van der Waals surface area contributed by atoms with E-state index in [0.717, 1.165) is 0 Å². The van der Waals surface area contributed by atoms with E-state index in [4.69, 9.17) is 0 Å². The van der Waals surface area contributed by atoms with E-state index in [9.17, 15) is 9.59 Å². The minimum Gasteiger partial charge on any atom is -0.348 e. The first kappa shape index (κ1) is 11.8. The Morgan fingerprint density at radius 1 is 1.50 bits per heavy atom. The van der Waals surface area contributed by atoms with Crippen molar-refractivity contribution in [1.29, 1.82) is 0 Å². The van der Waals surface area contributed by atoms with Gasteiger partial charge in [0, 0.05) is 12.7 Å². The van der Waals surface area contributed by atoms with Crippen molar-refractivity contribution in [3.8, 4) is 0 Å². The molecule has 0 fully saturated rings. The van der Waals surface area contributed by atoms with Crippen LogP contribution in [0.25, 0.3) is 6.08 Å². The quantitative estimate of drug-likeness (QED) is 0.262. The van der Waals surface area contributed by atoms with Gasteiger partial charge < -0.3 is 5.32 Å². The van der Waals surface area contributed by atoms with Crippen molar-refractivity contribution in [2.24, 2.45) is 0 Å². The minimum atomic E-state index is -0.430. The molecular weight excluding hydrogens is 204 g/mol. The molecule has 0 saturated heterocycles.